The molecule has 0 radical (unpaired) electrons. The number of carbonyl (C=O) groups excluding carboxylic acids is 2. The first-order chi connectivity index (χ1) is 15.9. The van der Waals surface area contributed by atoms with E-state index < -0.39 is 18.0 Å². The van der Waals surface area contributed by atoms with Gasteiger partial charge in [-0.05, 0) is 26.3 Å². The highest BCUT2D eigenvalue weighted by atomic mass is 16.5. The Morgan fingerprint density at radius 1 is 1.09 bits per heavy atom. The molecule has 8 nitrogen and oxygen atoms in total. The Bertz CT molecular complexity index is 1260. The summed E-state index contributed by atoms with van der Waals surface area (Å²) in [6.45, 7) is 5.70. The minimum atomic E-state index is -1.04. The van der Waals surface area contributed by atoms with Crippen LogP contribution >= 0.6 is 0 Å². The van der Waals surface area contributed by atoms with E-state index in [0.717, 1.165) is 16.7 Å². The molecule has 0 spiro atoms. The molecule has 0 fully saturated rings. The standard InChI is InChI=1S/C25H24N4O4/c1-16-9-11-20(12-10-16)23-21(15-29(27-23)14-19-7-5-4-6-8-19)25(31)32-18(3)24(30)26-22-13-17(2)33-28-22/h4-13,15,18H,14H2,1-3H3,(H,26,28,30). The Balaban J connectivity index is 1.56. The van der Waals surface area contributed by atoms with Gasteiger partial charge in [-0.1, -0.05) is 65.3 Å². The minimum absolute atomic E-state index is 0.261. The molecule has 1 N–H and O–H groups in total. The summed E-state index contributed by atoms with van der Waals surface area (Å²) in [7, 11) is 0. The number of aryl methyl sites for hydroxylation is 2. The van der Waals surface area contributed by atoms with E-state index in [9.17, 15) is 9.59 Å². The largest absolute Gasteiger partial charge is 0.449 e. The van der Waals surface area contributed by atoms with E-state index in [1.807, 2.05) is 61.5 Å². The molecule has 1 unspecified atom stereocenters. The smallest absolute Gasteiger partial charge is 0.342 e. The lowest BCUT2D eigenvalue weighted by atomic mass is 10.1. The van der Waals surface area contributed by atoms with Crippen molar-refractivity contribution < 1.29 is 18.8 Å². The zero-order valence-electron chi connectivity index (χ0n) is 18.6. The molecular weight excluding hydrogens is 420 g/mol. The molecule has 8 heteroatoms. The summed E-state index contributed by atoms with van der Waals surface area (Å²) in [5, 5.41) is 10.9. The van der Waals surface area contributed by atoms with E-state index in [4.69, 9.17) is 9.26 Å². The highest BCUT2D eigenvalue weighted by Gasteiger charge is 2.24. The average molecular weight is 444 g/mol. The van der Waals surface area contributed by atoms with E-state index in [1.165, 1.54) is 6.92 Å². The first-order valence-corrected chi connectivity index (χ1v) is 10.5. The number of rotatable bonds is 7. The average Bonchev–Trinajstić information content (AvgIpc) is 3.41. The number of hydrogen-bond acceptors (Lipinski definition) is 6. The zero-order valence-corrected chi connectivity index (χ0v) is 18.6. The van der Waals surface area contributed by atoms with E-state index >= 15 is 0 Å². The van der Waals surface area contributed by atoms with Crippen molar-refractivity contribution in [2.75, 3.05) is 5.32 Å². The number of nitrogens with one attached hydrogen (secondary N) is 1. The second-order valence-electron chi connectivity index (χ2n) is 7.80. The quantitative estimate of drug-likeness (QED) is 0.425. The number of anilines is 1. The van der Waals surface area contributed by atoms with Crippen LogP contribution in [0.25, 0.3) is 11.3 Å². The molecule has 2 aromatic carbocycles. The summed E-state index contributed by atoms with van der Waals surface area (Å²) in [4.78, 5) is 25.5. The van der Waals surface area contributed by atoms with Gasteiger partial charge in [0.05, 0.1) is 6.54 Å². The van der Waals surface area contributed by atoms with E-state index in [2.05, 4.69) is 15.6 Å². The lowest BCUT2D eigenvalue weighted by Gasteiger charge is -2.12. The number of esters is 1. The number of benzene rings is 2. The molecule has 1 atom stereocenters. The molecule has 168 valence electrons. The number of carbonyl (C=O) groups is 2. The monoisotopic (exact) mass is 444 g/mol. The van der Waals surface area contributed by atoms with Crippen LogP contribution in [-0.2, 0) is 16.1 Å². The molecule has 2 heterocycles. The van der Waals surface area contributed by atoms with Crippen LogP contribution in [0.1, 0.15) is 34.2 Å². The van der Waals surface area contributed by atoms with Crippen molar-refractivity contribution in [3.05, 3.63) is 89.3 Å². The van der Waals surface area contributed by atoms with Gasteiger partial charge in [-0.2, -0.15) is 5.10 Å². The fraction of sp³-hybridized carbons (Fsp3) is 0.200. The zero-order chi connectivity index (χ0) is 23.4. The molecule has 0 aliphatic carbocycles. The van der Waals surface area contributed by atoms with Gasteiger partial charge in [0.1, 0.15) is 17.0 Å². The number of aromatic nitrogens is 3. The Hall–Kier alpha value is -4.20. The van der Waals surface area contributed by atoms with Gasteiger partial charge in [-0.3, -0.25) is 9.48 Å². The number of amides is 1. The summed E-state index contributed by atoms with van der Waals surface area (Å²) in [5.74, 6) is -0.325. The van der Waals surface area contributed by atoms with E-state index in [1.54, 1.807) is 23.9 Å². The van der Waals surface area contributed by atoms with Gasteiger partial charge in [-0.25, -0.2) is 4.79 Å². The first kappa shape index (κ1) is 22.0. The van der Waals surface area contributed by atoms with Crippen molar-refractivity contribution in [1.29, 1.82) is 0 Å². The number of ether oxygens (including phenoxy) is 1. The van der Waals surface area contributed by atoms with E-state index in [0.29, 0.717) is 18.0 Å². The van der Waals surface area contributed by atoms with Crippen LogP contribution in [0.4, 0.5) is 5.82 Å². The predicted molar refractivity (Wildman–Crippen MR) is 123 cm³/mol. The van der Waals surface area contributed by atoms with Gasteiger partial charge in [0, 0.05) is 17.8 Å². The second kappa shape index (κ2) is 9.52. The summed E-state index contributed by atoms with van der Waals surface area (Å²) in [6, 6.07) is 19.1. The maximum atomic E-state index is 13.1. The summed E-state index contributed by atoms with van der Waals surface area (Å²) in [6.07, 6.45) is 0.605. The lowest BCUT2D eigenvalue weighted by molar-refractivity contribution is -0.123. The van der Waals surface area contributed by atoms with E-state index in [-0.39, 0.29) is 11.4 Å². The third kappa shape index (κ3) is 5.35. The van der Waals surface area contributed by atoms with Crippen LogP contribution in [-0.4, -0.2) is 32.9 Å². The summed E-state index contributed by atoms with van der Waals surface area (Å²) >= 11 is 0. The van der Waals surface area contributed by atoms with Crippen LogP contribution < -0.4 is 5.32 Å². The van der Waals surface area contributed by atoms with Crippen LogP contribution in [0.5, 0.6) is 0 Å². The van der Waals surface area contributed by atoms with Crippen molar-refractivity contribution in [2.45, 2.75) is 33.4 Å². The molecule has 2 aromatic heterocycles. The molecule has 0 saturated heterocycles. The van der Waals surface area contributed by atoms with Gasteiger partial charge in [0.25, 0.3) is 5.91 Å². The molecule has 0 saturated carbocycles. The van der Waals surface area contributed by atoms with Gasteiger partial charge in [0.15, 0.2) is 11.9 Å². The van der Waals surface area contributed by atoms with Crippen molar-refractivity contribution >= 4 is 17.7 Å². The van der Waals surface area contributed by atoms with Crippen LogP contribution in [0.2, 0.25) is 0 Å². The van der Waals surface area contributed by atoms with Crippen molar-refractivity contribution in [2.24, 2.45) is 0 Å². The Labute approximate surface area is 191 Å². The molecule has 33 heavy (non-hydrogen) atoms. The molecule has 0 bridgehead atoms. The van der Waals surface area contributed by atoms with Crippen LogP contribution in [0.15, 0.2) is 71.4 Å². The van der Waals surface area contributed by atoms with Crippen molar-refractivity contribution in [3.8, 4) is 11.3 Å². The molecule has 4 rings (SSSR count). The normalized spacial score (nSPS) is 11.7. The summed E-state index contributed by atoms with van der Waals surface area (Å²) < 4.78 is 12.1. The van der Waals surface area contributed by atoms with Crippen LogP contribution in [0, 0.1) is 13.8 Å². The predicted octanol–water partition coefficient (Wildman–Crippen LogP) is 4.39. The van der Waals surface area contributed by atoms with Gasteiger partial charge >= 0.3 is 5.97 Å². The first-order valence-electron chi connectivity index (χ1n) is 10.5. The molecular formula is C25H24N4O4. The fourth-order valence-electron chi connectivity index (χ4n) is 3.28. The maximum Gasteiger partial charge on any atom is 0.342 e. The maximum absolute atomic E-state index is 13.1. The third-order valence-corrected chi connectivity index (χ3v) is 5.03. The highest BCUT2D eigenvalue weighted by Crippen LogP contribution is 2.24. The van der Waals surface area contributed by atoms with Gasteiger partial charge < -0.3 is 14.6 Å². The second-order valence-corrected chi connectivity index (χ2v) is 7.80. The summed E-state index contributed by atoms with van der Waals surface area (Å²) in [5.41, 5.74) is 3.71. The Kier molecular flexibility index (Phi) is 6.35. The third-order valence-electron chi connectivity index (χ3n) is 5.03. The molecule has 4 aromatic rings. The minimum Gasteiger partial charge on any atom is -0.449 e. The topological polar surface area (TPSA) is 99.2 Å². The molecule has 0 aliphatic rings. The Morgan fingerprint density at radius 2 is 1.82 bits per heavy atom. The number of hydrogen-bond donors (Lipinski definition) is 1. The van der Waals surface area contributed by atoms with Crippen LogP contribution in [0.3, 0.4) is 0 Å². The highest BCUT2D eigenvalue weighted by molar-refractivity contribution is 5.99. The van der Waals surface area contributed by atoms with Crippen molar-refractivity contribution in [3.63, 3.8) is 0 Å². The lowest BCUT2D eigenvalue weighted by Crippen LogP contribution is -2.30. The number of nitrogens with zero attached hydrogens (tertiary/aromatic N) is 3. The van der Waals surface area contributed by atoms with Gasteiger partial charge in [-0.15, -0.1) is 0 Å². The molecule has 1 amide bonds. The SMILES string of the molecule is Cc1ccc(-c2nn(Cc3ccccc3)cc2C(=O)OC(C)C(=O)Nc2cc(C)on2)cc1. The fourth-order valence-corrected chi connectivity index (χ4v) is 3.28. The van der Waals surface area contributed by atoms with Crippen molar-refractivity contribution in [1.82, 2.24) is 14.9 Å². The Morgan fingerprint density at radius 3 is 2.48 bits per heavy atom. The molecule has 0 aliphatic heterocycles. The van der Waals surface area contributed by atoms with Gasteiger partial charge in [0.2, 0.25) is 0 Å².